The number of rotatable bonds is 6. The minimum Gasteiger partial charge on any atom is -0.496 e. The second-order valence-corrected chi connectivity index (χ2v) is 5.77. The number of nitrogens with zero attached hydrogens (tertiary/aromatic N) is 2. The molecule has 1 atom stereocenters. The Hall–Kier alpha value is -1.37. The summed E-state index contributed by atoms with van der Waals surface area (Å²) < 4.78 is 8.18. The van der Waals surface area contributed by atoms with Gasteiger partial charge in [0.05, 0.1) is 29.0 Å². The molecule has 1 aromatic carbocycles. The molecule has 2 rings (SSSR count). The standard InChI is InChI=1S/C15H21BrN4O/c1-4-20-14(7-10(2)19-20)13(18-17)9-11-5-6-15(21-3)12(16)8-11/h5-8,13,18H,4,9,17H2,1-3H3. The number of ether oxygens (including phenoxy) is 1. The highest BCUT2D eigenvalue weighted by atomic mass is 79.9. The van der Waals surface area contributed by atoms with Crippen LogP contribution in [-0.2, 0) is 13.0 Å². The zero-order chi connectivity index (χ0) is 15.4. The van der Waals surface area contributed by atoms with Crippen molar-refractivity contribution in [3.63, 3.8) is 0 Å². The van der Waals surface area contributed by atoms with Gasteiger partial charge in [0.1, 0.15) is 5.75 Å². The Morgan fingerprint density at radius 3 is 2.76 bits per heavy atom. The number of hydrogen-bond acceptors (Lipinski definition) is 4. The lowest BCUT2D eigenvalue weighted by atomic mass is 10.0. The van der Waals surface area contributed by atoms with E-state index in [9.17, 15) is 0 Å². The Balaban J connectivity index is 2.24. The lowest BCUT2D eigenvalue weighted by molar-refractivity contribution is 0.411. The Morgan fingerprint density at radius 1 is 1.43 bits per heavy atom. The van der Waals surface area contributed by atoms with Crippen LogP contribution in [-0.4, -0.2) is 16.9 Å². The first-order valence-corrected chi connectivity index (χ1v) is 7.71. The molecule has 0 bridgehead atoms. The molecule has 1 unspecified atom stereocenters. The number of halogens is 1. The normalized spacial score (nSPS) is 12.4. The molecule has 21 heavy (non-hydrogen) atoms. The van der Waals surface area contributed by atoms with E-state index < -0.39 is 0 Å². The number of methoxy groups -OCH3 is 1. The molecule has 0 saturated heterocycles. The quantitative estimate of drug-likeness (QED) is 0.619. The van der Waals surface area contributed by atoms with Crippen LogP contribution in [0.1, 0.15) is 29.9 Å². The van der Waals surface area contributed by atoms with Crippen LogP contribution in [0.4, 0.5) is 0 Å². The Kier molecular flexibility index (Phi) is 5.39. The van der Waals surface area contributed by atoms with Crippen LogP contribution >= 0.6 is 15.9 Å². The third-order valence-electron chi connectivity index (χ3n) is 3.45. The van der Waals surface area contributed by atoms with Crippen LogP contribution < -0.4 is 16.0 Å². The van der Waals surface area contributed by atoms with Crippen molar-refractivity contribution in [2.24, 2.45) is 5.84 Å². The fraction of sp³-hybridized carbons (Fsp3) is 0.400. The first-order valence-electron chi connectivity index (χ1n) is 6.92. The average molecular weight is 353 g/mol. The highest BCUT2D eigenvalue weighted by Gasteiger charge is 2.17. The third-order valence-corrected chi connectivity index (χ3v) is 4.07. The summed E-state index contributed by atoms with van der Waals surface area (Å²) in [5.74, 6) is 6.58. The lowest BCUT2D eigenvalue weighted by Gasteiger charge is -2.17. The number of aryl methyl sites for hydroxylation is 2. The maximum atomic E-state index is 5.75. The molecular weight excluding hydrogens is 332 g/mol. The van der Waals surface area contributed by atoms with Gasteiger partial charge in [-0.2, -0.15) is 5.10 Å². The van der Waals surface area contributed by atoms with E-state index in [-0.39, 0.29) is 6.04 Å². The molecule has 114 valence electrons. The molecular formula is C15H21BrN4O. The number of hydrazine groups is 1. The van der Waals surface area contributed by atoms with Crippen molar-refractivity contribution >= 4 is 15.9 Å². The largest absolute Gasteiger partial charge is 0.496 e. The zero-order valence-corrected chi connectivity index (χ0v) is 14.1. The van der Waals surface area contributed by atoms with Crippen molar-refractivity contribution in [1.82, 2.24) is 15.2 Å². The van der Waals surface area contributed by atoms with Gasteiger partial charge in [0.25, 0.3) is 0 Å². The Morgan fingerprint density at radius 2 is 2.19 bits per heavy atom. The minimum absolute atomic E-state index is 0.0199. The molecule has 6 heteroatoms. The van der Waals surface area contributed by atoms with Gasteiger partial charge in [0.2, 0.25) is 0 Å². The van der Waals surface area contributed by atoms with Gasteiger partial charge >= 0.3 is 0 Å². The van der Waals surface area contributed by atoms with Gasteiger partial charge in [-0.15, -0.1) is 0 Å². The molecule has 0 fully saturated rings. The Bertz CT molecular complexity index is 612. The molecule has 1 aromatic heterocycles. The minimum atomic E-state index is 0.0199. The van der Waals surface area contributed by atoms with E-state index in [4.69, 9.17) is 10.6 Å². The van der Waals surface area contributed by atoms with Crippen LogP contribution in [0.25, 0.3) is 0 Å². The van der Waals surface area contributed by atoms with Gasteiger partial charge in [-0.05, 0) is 60.0 Å². The Labute approximate surface area is 133 Å². The molecule has 5 nitrogen and oxygen atoms in total. The van der Waals surface area contributed by atoms with Crippen molar-refractivity contribution < 1.29 is 4.74 Å². The molecule has 0 aliphatic rings. The number of aromatic nitrogens is 2. The van der Waals surface area contributed by atoms with Crippen molar-refractivity contribution in [3.05, 3.63) is 45.7 Å². The summed E-state index contributed by atoms with van der Waals surface area (Å²) in [7, 11) is 1.66. The molecule has 1 heterocycles. The van der Waals surface area contributed by atoms with Gasteiger partial charge in [-0.1, -0.05) is 6.07 Å². The van der Waals surface area contributed by atoms with Crippen LogP contribution in [0.3, 0.4) is 0 Å². The SMILES string of the molecule is CCn1nc(C)cc1C(Cc1ccc(OC)c(Br)c1)NN. The van der Waals surface area contributed by atoms with E-state index in [1.807, 2.05) is 23.7 Å². The van der Waals surface area contributed by atoms with Crippen LogP contribution in [0.15, 0.2) is 28.7 Å². The fourth-order valence-corrected chi connectivity index (χ4v) is 3.01. The van der Waals surface area contributed by atoms with Crippen molar-refractivity contribution in [2.75, 3.05) is 7.11 Å². The number of benzene rings is 1. The van der Waals surface area contributed by atoms with Crippen LogP contribution in [0.2, 0.25) is 0 Å². The van der Waals surface area contributed by atoms with Gasteiger partial charge < -0.3 is 4.74 Å². The smallest absolute Gasteiger partial charge is 0.133 e. The number of hydrogen-bond donors (Lipinski definition) is 2. The molecule has 0 saturated carbocycles. The number of nitrogens with one attached hydrogen (secondary N) is 1. The third kappa shape index (κ3) is 3.64. The van der Waals surface area contributed by atoms with Crippen LogP contribution in [0.5, 0.6) is 5.75 Å². The summed E-state index contributed by atoms with van der Waals surface area (Å²) in [6, 6.07) is 8.16. The molecule has 2 aromatic rings. The second-order valence-electron chi connectivity index (χ2n) is 4.92. The second kappa shape index (κ2) is 7.06. The maximum absolute atomic E-state index is 5.75. The summed E-state index contributed by atoms with van der Waals surface area (Å²) >= 11 is 3.51. The maximum Gasteiger partial charge on any atom is 0.133 e. The van der Waals surface area contributed by atoms with E-state index in [0.717, 1.165) is 34.6 Å². The van der Waals surface area contributed by atoms with Crippen molar-refractivity contribution in [1.29, 1.82) is 0 Å². The van der Waals surface area contributed by atoms with E-state index in [1.54, 1.807) is 7.11 Å². The van der Waals surface area contributed by atoms with Gasteiger partial charge in [-0.25, -0.2) is 0 Å². The first kappa shape index (κ1) is 16.0. The topological polar surface area (TPSA) is 65.1 Å². The predicted octanol–water partition coefficient (Wildman–Crippen LogP) is 2.73. The highest BCUT2D eigenvalue weighted by Crippen LogP contribution is 2.28. The predicted molar refractivity (Wildman–Crippen MR) is 87.1 cm³/mol. The first-order chi connectivity index (χ1) is 10.1. The molecule has 0 spiro atoms. The molecule has 0 radical (unpaired) electrons. The highest BCUT2D eigenvalue weighted by molar-refractivity contribution is 9.10. The fourth-order valence-electron chi connectivity index (χ4n) is 2.42. The summed E-state index contributed by atoms with van der Waals surface area (Å²) in [6.07, 6.45) is 0.782. The molecule has 0 amide bonds. The van der Waals surface area contributed by atoms with E-state index in [0.29, 0.717) is 0 Å². The zero-order valence-electron chi connectivity index (χ0n) is 12.6. The summed E-state index contributed by atoms with van der Waals surface area (Å²) in [6.45, 7) is 4.90. The lowest BCUT2D eigenvalue weighted by Crippen LogP contribution is -2.31. The van der Waals surface area contributed by atoms with Gasteiger partial charge in [0.15, 0.2) is 0 Å². The van der Waals surface area contributed by atoms with Crippen LogP contribution in [0, 0.1) is 6.92 Å². The molecule has 3 N–H and O–H groups in total. The molecule has 0 aliphatic carbocycles. The monoisotopic (exact) mass is 352 g/mol. The summed E-state index contributed by atoms with van der Waals surface area (Å²) in [5, 5.41) is 4.48. The van der Waals surface area contributed by atoms with Crippen molar-refractivity contribution in [3.8, 4) is 5.75 Å². The van der Waals surface area contributed by atoms with E-state index in [1.165, 1.54) is 5.56 Å². The summed E-state index contributed by atoms with van der Waals surface area (Å²) in [5.41, 5.74) is 6.17. The van der Waals surface area contributed by atoms with E-state index in [2.05, 4.69) is 45.5 Å². The van der Waals surface area contributed by atoms with E-state index >= 15 is 0 Å². The summed E-state index contributed by atoms with van der Waals surface area (Å²) in [4.78, 5) is 0. The number of nitrogens with two attached hydrogens (primary N) is 1. The molecule has 0 aliphatic heterocycles. The average Bonchev–Trinajstić information content (AvgIpc) is 2.86. The van der Waals surface area contributed by atoms with Crippen molar-refractivity contribution in [2.45, 2.75) is 32.9 Å². The van der Waals surface area contributed by atoms with Gasteiger partial charge in [-0.3, -0.25) is 16.0 Å². The van der Waals surface area contributed by atoms with Gasteiger partial charge in [0, 0.05) is 6.54 Å².